The van der Waals surface area contributed by atoms with E-state index in [1.165, 1.54) is 11.3 Å². The van der Waals surface area contributed by atoms with Crippen molar-refractivity contribution in [3.8, 4) is 6.07 Å². The van der Waals surface area contributed by atoms with Crippen LogP contribution in [0.4, 0.5) is 0 Å². The van der Waals surface area contributed by atoms with Crippen LogP contribution >= 0.6 is 22.9 Å². The fourth-order valence-corrected chi connectivity index (χ4v) is 2.10. The van der Waals surface area contributed by atoms with Crippen LogP contribution in [0.15, 0.2) is 29.6 Å². The van der Waals surface area contributed by atoms with Crippen molar-refractivity contribution in [2.45, 2.75) is 6.42 Å². The Morgan fingerprint density at radius 2 is 2.07 bits per heavy atom. The molecule has 0 spiro atoms. The number of nitrogens with zero attached hydrogens (tertiary/aromatic N) is 2. The minimum absolute atomic E-state index is 0.490. The van der Waals surface area contributed by atoms with Crippen molar-refractivity contribution in [1.29, 1.82) is 5.26 Å². The first-order chi connectivity index (χ1) is 7.28. The molecule has 1 aromatic heterocycles. The van der Waals surface area contributed by atoms with Crippen molar-refractivity contribution >= 4 is 22.9 Å². The lowest BCUT2D eigenvalue weighted by molar-refractivity contribution is 1.12. The molecule has 2 rings (SSSR count). The van der Waals surface area contributed by atoms with Crippen LogP contribution in [0.5, 0.6) is 0 Å². The van der Waals surface area contributed by atoms with Crippen LogP contribution in [0.25, 0.3) is 0 Å². The van der Waals surface area contributed by atoms with Gasteiger partial charge < -0.3 is 0 Å². The number of thiazole rings is 1. The van der Waals surface area contributed by atoms with Crippen LogP contribution in [0, 0.1) is 11.3 Å². The van der Waals surface area contributed by atoms with E-state index >= 15 is 0 Å². The molecule has 1 aromatic carbocycles. The van der Waals surface area contributed by atoms with Crippen molar-refractivity contribution in [3.05, 3.63) is 50.9 Å². The van der Waals surface area contributed by atoms with Gasteiger partial charge in [0.2, 0.25) is 0 Å². The van der Waals surface area contributed by atoms with E-state index in [2.05, 4.69) is 4.98 Å². The summed E-state index contributed by atoms with van der Waals surface area (Å²) in [6.07, 6.45) is 0.753. The molecular formula is C11H7ClN2S. The molecule has 74 valence electrons. The standard InChI is InChI=1S/C11H7ClN2S/c12-9-3-1-8(2-4-9)5-11-14-10(6-13)7-15-11/h1-4,7H,5H2. The second-order valence-electron chi connectivity index (χ2n) is 3.04. The summed E-state index contributed by atoms with van der Waals surface area (Å²) < 4.78 is 0. The van der Waals surface area contributed by atoms with Crippen molar-refractivity contribution in [3.63, 3.8) is 0 Å². The Bertz CT molecular complexity index is 496. The summed E-state index contributed by atoms with van der Waals surface area (Å²) in [6.45, 7) is 0. The lowest BCUT2D eigenvalue weighted by atomic mass is 10.2. The minimum atomic E-state index is 0.490. The van der Waals surface area contributed by atoms with Crippen LogP contribution in [0.2, 0.25) is 5.02 Å². The number of halogens is 1. The van der Waals surface area contributed by atoms with Crippen LogP contribution in [0.1, 0.15) is 16.3 Å². The number of benzene rings is 1. The van der Waals surface area contributed by atoms with Crippen LogP contribution in [0.3, 0.4) is 0 Å². The zero-order valence-electron chi connectivity index (χ0n) is 7.77. The molecule has 0 unspecified atom stereocenters. The maximum Gasteiger partial charge on any atom is 0.151 e. The Balaban J connectivity index is 2.15. The molecule has 0 radical (unpaired) electrons. The Morgan fingerprint density at radius 1 is 1.33 bits per heavy atom. The molecule has 0 amide bonds. The third-order valence-corrected chi connectivity index (χ3v) is 3.04. The van der Waals surface area contributed by atoms with Gasteiger partial charge in [-0.05, 0) is 17.7 Å². The summed E-state index contributed by atoms with van der Waals surface area (Å²) in [7, 11) is 0. The molecule has 0 fully saturated rings. The molecule has 0 atom stereocenters. The van der Waals surface area contributed by atoms with Crippen LogP contribution in [-0.2, 0) is 6.42 Å². The average Bonchev–Trinajstić information content (AvgIpc) is 2.69. The number of hydrogen-bond acceptors (Lipinski definition) is 3. The largest absolute Gasteiger partial charge is 0.230 e. The van der Waals surface area contributed by atoms with Gasteiger partial charge >= 0.3 is 0 Å². The average molecular weight is 235 g/mol. The molecule has 0 bridgehead atoms. The molecule has 0 saturated heterocycles. The highest BCUT2D eigenvalue weighted by atomic mass is 35.5. The van der Waals surface area contributed by atoms with E-state index in [-0.39, 0.29) is 0 Å². The SMILES string of the molecule is N#Cc1csc(Cc2ccc(Cl)cc2)n1. The highest BCUT2D eigenvalue weighted by molar-refractivity contribution is 7.09. The van der Waals surface area contributed by atoms with Gasteiger partial charge in [0.25, 0.3) is 0 Å². The van der Waals surface area contributed by atoms with Crippen LogP contribution < -0.4 is 0 Å². The molecule has 0 N–H and O–H groups in total. The summed E-state index contributed by atoms with van der Waals surface area (Å²) in [5.74, 6) is 0. The Morgan fingerprint density at radius 3 is 2.67 bits per heavy atom. The van der Waals surface area contributed by atoms with Crippen molar-refractivity contribution in [2.75, 3.05) is 0 Å². The zero-order chi connectivity index (χ0) is 10.7. The van der Waals surface area contributed by atoms with Crippen LogP contribution in [-0.4, -0.2) is 4.98 Å². The van der Waals surface area contributed by atoms with Gasteiger partial charge in [0.15, 0.2) is 5.69 Å². The quantitative estimate of drug-likeness (QED) is 0.800. The van der Waals surface area contributed by atoms with E-state index in [1.54, 1.807) is 5.38 Å². The molecule has 4 heteroatoms. The van der Waals surface area contributed by atoms with Gasteiger partial charge in [0.05, 0.1) is 5.01 Å². The molecular weight excluding hydrogens is 228 g/mol. The number of nitriles is 1. The fraction of sp³-hybridized carbons (Fsp3) is 0.0909. The maximum atomic E-state index is 8.63. The molecule has 0 saturated carbocycles. The van der Waals surface area contributed by atoms with E-state index < -0.39 is 0 Å². The van der Waals surface area contributed by atoms with Crippen molar-refractivity contribution < 1.29 is 0 Å². The summed E-state index contributed by atoms with van der Waals surface area (Å²) in [6, 6.07) is 9.67. The first kappa shape index (κ1) is 10.2. The van der Waals surface area contributed by atoms with Gasteiger partial charge in [0.1, 0.15) is 6.07 Å². The lowest BCUT2D eigenvalue weighted by Gasteiger charge is -1.97. The van der Waals surface area contributed by atoms with E-state index in [9.17, 15) is 0 Å². The zero-order valence-corrected chi connectivity index (χ0v) is 9.35. The molecule has 15 heavy (non-hydrogen) atoms. The summed E-state index contributed by atoms with van der Waals surface area (Å²) in [5.41, 5.74) is 1.64. The normalized spacial score (nSPS) is 9.87. The highest BCUT2D eigenvalue weighted by Crippen LogP contribution is 2.16. The predicted octanol–water partition coefficient (Wildman–Crippen LogP) is 3.26. The Kier molecular flexibility index (Phi) is 3.00. The van der Waals surface area contributed by atoms with E-state index in [1.807, 2.05) is 30.3 Å². The second kappa shape index (κ2) is 4.43. The van der Waals surface area contributed by atoms with Gasteiger partial charge in [-0.2, -0.15) is 5.26 Å². The van der Waals surface area contributed by atoms with Gasteiger partial charge in [-0.15, -0.1) is 11.3 Å². The summed E-state index contributed by atoms with van der Waals surface area (Å²) >= 11 is 7.29. The predicted molar refractivity (Wildman–Crippen MR) is 61.1 cm³/mol. The van der Waals surface area contributed by atoms with E-state index in [4.69, 9.17) is 16.9 Å². The van der Waals surface area contributed by atoms with E-state index in [0.717, 1.165) is 22.0 Å². The summed E-state index contributed by atoms with van der Waals surface area (Å²) in [5, 5.41) is 12.1. The van der Waals surface area contributed by atoms with Gasteiger partial charge in [-0.3, -0.25) is 0 Å². The van der Waals surface area contributed by atoms with Crippen molar-refractivity contribution in [2.24, 2.45) is 0 Å². The highest BCUT2D eigenvalue weighted by Gasteiger charge is 2.02. The molecule has 0 aliphatic heterocycles. The Labute approximate surface area is 96.8 Å². The monoisotopic (exact) mass is 234 g/mol. The van der Waals surface area contributed by atoms with E-state index in [0.29, 0.717) is 5.69 Å². The third-order valence-electron chi connectivity index (χ3n) is 1.93. The minimum Gasteiger partial charge on any atom is -0.230 e. The number of aromatic nitrogens is 1. The first-order valence-electron chi connectivity index (χ1n) is 4.37. The second-order valence-corrected chi connectivity index (χ2v) is 4.42. The van der Waals surface area contributed by atoms with Gasteiger partial charge in [0, 0.05) is 16.8 Å². The fourth-order valence-electron chi connectivity index (χ4n) is 1.22. The molecule has 0 aliphatic carbocycles. The molecule has 2 aromatic rings. The lowest BCUT2D eigenvalue weighted by Crippen LogP contribution is -1.86. The third kappa shape index (κ3) is 2.56. The van der Waals surface area contributed by atoms with Crippen molar-refractivity contribution in [1.82, 2.24) is 4.98 Å². The number of hydrogen-bond donors (Lipinski definition) is 0. The molecule has 0 aliphatic rings. The molecule has 1 heterocycles. The van der Waals surface area contributed by atoms with Gasteiger partial charge in [-0.25, -0.2) is 4.98 Å². The first-order valence-corrected chi connectivity index (χ1v) is 5.62. The molecule has 2 nitrogen and oxygen atoms in total. The topological polar surface area (TPSA) is 36.7 Å². The number of rotatable bonds is 2. The smallest absolute Gasteiger partial charge is 0.151 e. The summed E-state index contributed by atoms with van der Waals surface area (Å²) in [4.78, 5) is 4.17. The van der Waals surface area contributed by atoms with Gasteiger partial charge in [-0.1, -0.05) is 23.7 Å². The maximum absolute atomic E-state index is 8.63. The Hall–Kier alpha value is -1.37.